The van der Waals surface area contributed by atoms with Gasteiger partial charge in [-0.3, -0.25) is 4.90 Å². The van der Waals surface area contributed by atoms with Crippen molar-refractivity contribution < 1.29 is 4.74 Å². The average molecular weight is 409 g/mol. The molecule has 0 saturated heterocycles. The lowest BCUT2D eigenvalue weighted by Gasteiger charge is -2.34. The molecule has 1 aliphatic rings. The number of para-hydroxylation sites is 1. The summed E-state index contributed by atoms with van der Waals surface area (Å²) in [5.74, 6) is 0.708. The summed E-state index contributed by atoms with van der Waals surface area (Å²) in [6.07, 6.45) is 0. The van der Waals surface area contributed by atoms with Crippen LogP contribution in [0.1, 0.15) is 11.1 Å². The summed E-state index contributed by atoms with van der Waals surface area (Å²) in [6.45, 7) is 2.21. The van der Waals surface area contributed by atoms with Crippen LogP contribution in [0.5, 0.6) is 0 Å². The molecule has 1 heterocycles. The van der Waals surface area contributed by atoms with Crippen LogP contribution in [0.25, 0.3) is 0 Å². The summed E-state index contributed by atoms with van der Waals surface area (Å²) in [5, 5.41) is 8.16. The largest absolute Gasteiger partial charge is 0.482 e. The zero-order valence-corrected chi connectivity index (χ0v) is 15.8. The van der Waals surface area contributed by atoms with Crippen molar-refractivity contribution in [3.63, 3.8) is 0 Å². The van der Waals surface area contributed by atoms with Gasteiger partial charge in [-0.15, -0.1) is 5.10 Å². The first kappa shape index (κ1) is 17.3. The number of hydrogen-bond acceptors (Lipinski definition) is 4. The Bertz CT molecular complexity index is 720. The van der Waals surface area contributed by atoms with Crippen molar-refractivity contribution in [3.05, 3.63) is 64.7 Å². The van der Waals surface area contributed by atoms with E-state index in [2.05, 4.69) is 50.2 Å². The van der Waals surface area contributed by atoms with Gasteiger partial charge in [0.25, 0.3) is 0 Å². The number of hydrogen-bond donors (Lipinski definition) is 0. The summed E-state index contributed by atoms with van der Waals surface area (Å²) in [7, 11) is 1.67. The van der Waals surface area contributed by atoms with Crippen molar-refractivity contribution in [2.75, 3.05) is 25.3 Å². The van der Waals surface area contributed by atoms with Crippen molar-refractivity contribution in [3.8, 4) is 0 Å². The van der Waals surface area contributed by atoms with E-state index in [9.17, 15) is 0 Å². The van der Waals surface area contributed by atoms with Gasteiger partial charge in [0.05, 0.1) is 26.0 Å². The van der Waals surface area contributed by atoms with E-state index >= 15 is 0 Å². The van der Waals surface area contributed by atoms with Crippen LogP contribution in [0.3, 0.4) is 0 Å². The van der Waals surface area contributed by atoms with Crippen molar-refractivity contribution in [1.82, 2.24) is 4.90 Å². The number of benzene rings is 2. The maximum Gasteiger partial charge on any atom is 0.220 e. The number of rotatable bonds is 4. The topological polar surface area (TPSA) is 28.1 Å². The van der Waals surface area contributed by atoms with Crippen molar-refractivity contribution in [2.45, 2.75) is 11.9 Å². The summed E-state index contributed by atoms with van der Waals surface area (Å²) in [4.78, 5) is 2.29. The number of anilines is 1. The maximum atomic E-state index is 5.97. The number of nitrogens with zero attached hydrogens (tertiary/aromatic N) is 3. The van der Waals surface area contributed by atoms with Crippen LogP contribution >= 0.6 is 27.5 Å². The molecule has 0 saturated carbocycles. The van der Waals surface area contributed by atoms with Gasteiger partial charge in [0, 0.05) is 16.9 Å². The van der Waals surface area contributed by atoms with Crippen LogP contribution in [0.15, 0.2) is 53.6 Å². The van der Waals surface area contributed by atoms with Gasteiger partial charge in [0.2, 0.25) is 5.90 Å². The standard InChI is InChI=1S/C18H19BrClN3O/c1-24-18-12-22(11-14-6-8-16(20)9-7-14)13-23(21-18)17-5-3-2-4-15(17)10-19/h2-9H,10-13H2,1H3. The van der Waals surface area contributed by atoms with Gasteiger partial charge in [-0.05, 0) is 29.3 Å². The Kier molecular flexibility index (Phi) is 5.76. The van der Waals surface area contributed by atoms with E-state index in [1.165, 1.54) is 11.1 Å². The second-order valence-electron chi connectivity index (χ2n) is 5.61. The second kappa shape index (κ2) is 8.01. The highest BCUT2D eigenvalue weighted by molar-refractivity contribution is 9.08. The van der Waals surface area contributed by atoms with E-state index in [0.717, 1.165) is 22.6 Å². The quantitative estimate of drug-likeness (QED) is 0.699. The fourth-order valence-corrected chi connectivity index (χ4v) is 3.29. The molecule has 2 aromatic rings. The van der Waals surface area contributed by atoms with Crippen LogP contribution in [0.4, 0.5) is 5.69 Å². The molecule has 0 aliphatic carbocycles. The lowest BCUT2D eigenvalue weighted by molar-refractivity contribution is 0.254. The summed E-state index contributed by atoms with van der Waals surface area (Å²) in [6, 6.07) is 16.2. The van der Waals surface area contributed by atoms with Gasteiger partial charge in [0.1, 0.15) is 0 Å². The molecule has 1 aliphatic heterocycles. The maximum absolute atomic E-state index is 5.97. The van der Waals surface area contributed by atoms with E-state index in [-0.39, 0.29) is 0 Å². The summed E-state index contributed by atoms with van der Waals surface area (Å²) in [5.41, 5.74) is 3.50. The minimum Gasteiger partial charge on any atom is -0.482 e. The molecule has 0 fully saturated rings. The smallest absolute Gasteiger partial charge is 0.220 e. The lowest BCUT2D eigenvalue weighted by Crippen LogP contribution is -2.44. The molecule has 0 N–H and O–H groups in total. The molecule has 6 heteroatoms. The highest BCUT2D eigenvalue weighted by Crippen LogP contribution is 2.25. The molecule has 3 rings (SSSR count). The molecule has 0 spiro atoms. The van der Waals surface area contributed by atoms with Gasteiger partial charge < -0.3 is 4.74 Å². The van der Waals surface area contributed by atoms with Crippen LogP contribution in [0, 0.1) is 0 Å². The third-order valence-electron chi connectivity index (χ3n) is 3.89. The van der Waals surface area contributed by atoms with E-state index < -0.39 is 0 Å². The lowest BCUT2D eigenvalue weighted by atomic mass is 10.2. The van der Waals surface area contributed by atoms with Gasteiger partial charge in [-0.25, -0.2) is 5.01 Å². The first-order chi connectivity index (χ1) is 11.7. The Morgan fingerprint density at radius 3 is 2.62 bits per heavy atom. The zero-order valence-electron chi connectivity index (χ0n) is 13.5. The molecule has 0 amide bonds. The number of halogens is 2. The highest BCUT2D eigenvalue weighted by Gasteiger charge is 2.22. The Morgan fingerprint density at radius 1 is 1.17 bits per heavy atom. The summed E-state index contributed by atoms with van der Waals surface area (Å²) < 4.78 is 5.44. The van der Waals surface area contributed by atoms with Crippen molar-refractivity contribution in [1.29, 1.82) is 0 Å². The fraction of sp³-hybridized carbons (Fsp3) is 0.278. The Balaban J connectivity index is 1.82. The first-order valence-corrected chi connectivity index (χ1v) is 9.19. The van der Waals surface area contributed by atoms with Gasteiger partial charge in [-0.2, -0.15) is 0 Å². The van der Waals surface area contributed by atoms with Crippen LogP contribution < -0.4 is 5.01 Å². The average Bonchev–Trinajstić information content (AvgIpc) is 2.63. The normalized spacial score (nSPS) is 15.3. The molecule has 4 nitrogen and oxygen atoms in total. The molecule has 0 unspecified atom stereocenters. The number of ether oxygens (including phenoxy) is 1. The van der Waals surface area contributed by atoms with E-state index in [1.807, 2.05) is 29.3 Å². The monoisotopic (exact) mass is 407 g/mol. The van der Waals surface area contributed by atoms with Gasteiger partial charge in [0.15, 0.2) is 0 Å². The molecule has 2 aromatic carbocycles. The second-order valence-corrected chi connectivity index (χ2v) is 6.61. The zero-order chi connectivity index (χ0) is 16.9. The Labute approximate surface area is 155 Å². The minimum absolute atomic E-state index is 0.687. The van der Waals surface area contributed by atoms with E-state index in [1.54, 1.807) is 7.11 Å². The predicted octanol–water partition coefficient (Wildman–Crippen LogP) is 4.47. The number of methoxy groups -OCH3 is 1. The molecular weight excluding hydrogens is 390 g/mol. The van der Waals surface area contributed by atoms with E-state index in [4.69, 9.17) is 16.3 Å². The third kappa shape index (κ3) is 4.09. The molecular formula is C18H19BrClN3O. The van der Waals surface area contributed by atoms with Crippen LogP contribution in [-0.4, -0.2) is 31.1 Å². The van der Waals surface area contributed by atoms with Crippen LogP contribution in [-0.2, 0) is 16.6 Å². The Morgan fingerprint density at radius 2 is 1.92 bits per heavy atom. The highest BCUT2D eigenvalue weighted by atomic mass is 79.9. The molecule has 0 atom stereocenters. The molecule has 0 aromatic heterocycles. The number of hydrazone groups is 1. The van der Waals surface area contributed by atoms with Crippen LogP contribution in [0.2, 0.25) is 5.02 Å². The van der Waals surface area contributed by atoms with Gasteiger partial charge >= 0.3 is 0 Å². The van der Waals surface area contributed by atoms with Crippen molar-refractivity contribution in [2.24, 2.45) is 5.10 Å². The molecule has 126 valence electrons. The molecule has 24 heavy (non-hydrogen) atoms. The minimum atomic E-state index is 0.687. The first-order valence-electron chi connectivity index (χ1n) is 7.69. The van der Waals surface area contributed by atoms with E-state index in [0.29, 0.717) is 19.1 Å². The SMILES string of the molecule is COC1=NN(c2ccccc2CBr)CN(Cc2ccc(Cl)cc2)C1. The molecule has 0 bridgehead atoms. The van der Waals surface area contributed by atoms with Crippen molar-refractivity contribution >= 4 is 39.1 Å². The fourth-order valence-electron chi connectivity index (χ4n) is 2.69. The number of alkyl halides is 1. The summed E-state index contributed by atoms with van der Waals surface area (Å²) >= 11 is 9.52. The predicted molar refractivity (Wildman–Crippen MR) is 103 cm³/mol. The third-order valence-corrected chi connectivity index (χ3v) is 4.75. The molecule has 0 radical (unpaired) electrons. The van der Waals surface area contributed by atoms with Gasteiger partial charge in [-0.1, -0.05) is 57.9 Å². The Hall–Kier alpha value is -1.56.